The van der Waals surface area contributed by atoms with Gasteiger partial charge in [-0.3, -0.25) is 4.90 Å². The molecule has 0 atom stereocenters. The normalized spacial score (nSPS) is 11.1. The quantitative estimate of drug-likeness (QED) is 0.849. The summed E-state index contributed by atoms with van der Waals surface area (Å²) in [5, 5.41) is 8.85. The summed E-state index contributed by atoms with van der Waals surface area (Å²) in [7, 11) is 0. The van der Waals surface area contributed by atoms with Crippen molar-refractivity contribution in [3.8, 4) is 11.9 Å². The minimum atomic E-state index is 0.210. The van der Waals surface area contributed by atoms with E-state index in [1.165, 1.54) is 0 Å². The number of ether oxygens (including phenoxy) is 1. The molecule has 0 saturated carbocycles. The van der Waals surface area contributed by atoms with E-state index in [1.54, 1.807) is 12.1 Å². The largest absolute Gasteiger partial charge is 0.476 e. The minimum Gasteiger partial charge on any atom is -0.476 e. The van der Waals surface area contributed by atoms with E-state index >= 15 is 0 Å². The summed E-state index contributed by atoms with van der Waals surface area (Å²) in [5.74, 6) is 0.443. The van der Waals surface area contributed by atoms with Crippen molar-refractivity contribution in [3.05, 3.63) is 17.8 Å². The van der Waals surface area contributed by atoms with Crippen LogP contribution in [-0.4, -0.2) is 35.1 Å². The molecule has 1 aromatic heterocycles. The molecule has 0 aromatic carbocycles. The van der Waals surface area contributed by atoms with E-state index < -0.39 is 0 Å². The fourth-order valence-electron chi connectivity index (χ4n) is 1.99. The zero-order valence-corrected chi connectivity index (χ0v) is 12.1. The molecule has 5 heteroatoms. The molecular formula is C14H22N4O. The maximum Gasteiger partial charge on any atom is 0.214 e. The van der Waals surface area contributed by atoms with E-state index in [4.69, 9.17) is 15.7 Å². The molecule has 0 aliphatic rings. The molecule has 0 fully saturated rings. The van der Waals surface area contributed by atoms with Crippen LogP contribution >= 0.6 is 0 Å². The van der Waals surface area contributed by atoms with Crippen LogP contribution in [0.4, 0.5) is 5.69 Å². The van der Waals surface area contributed by atoms with Crippen molar-refractivity contribution in [2.75, 3.05) is 18.9 Å². The fraction of sp³-hybridized carbons (Fsp3) is 0.571. The van der Waals surface area contributed by atoms with E-state index in [9.17, 15) is 0 Å². The molecule has 0 saturated heterocycles. The van der Waals surface area contributed by atoms with Crippen LogP contribution in [0.15, 0.2) is 12.1 Å². The maximum absolute atomic E-state index is 8.85. The zero-order valence-electron chi connectivity index (χ0n) is 12.1. The van der Waals surface area contributed by atoms with Crippen molar-refractivity contribution < 1.29 is 4.74 Å². The summed E-state index contributed by atoms with van der Waals surface area (Å²) in [5.41, 5.74) is 6.19. The molecule has 1 heterocycles. The maximum atomic E-state index is 8.85. The number of anilines is 1. The van der Waals surface area contributed by atoms with Gasteiger partial charge in [-0.2, -0.15) is 5.26 Å². The number of rotatable bonds is 6. The van der Waals surface area contributed by atoms with Crippen LogP contribution in [0.5, 0.6) is 5.88 Å². The van der Waals surface area contributed by atoms with E-state index in [0.29, 0.717) is 30.3 Å². The highest BCUT2D eigenvalue weighted by Crippen LogP contribution is 2.14. The number of nitrogen functional groups attached to an aromatic ring is 1. The van der Waals surface area contributed by atoms with E-state index in [-0.39, 0.29) is 5.69 Å². The van der Waals surface area contributed by atoms with Gasteiger partial charge in [0.05, 0.1) is 5.69 Å². The summed E-state index contributed by atoms with van der Waals surface area (Å²) in [6, 6.07) is 6.21. The Hall–Kier alpha value is -1.80. The van der Waals surface area contributed by atoms with Crippen molar-refractivity contribution in [2.45, 2.75) is 39.8 Å². The van der Waals surface area contributed by atoms with Crippen LogP contribution in [0.25, 0.3) is 0 Å². The number of nitrogens with zero attached hydrogens (tertiary/aromatic N) is 3. The van der Waals surface area contributed by atoms with Crippen LogP contribution in [0, 0.1) is 11.3 Å². The number of nitrogens with two attached hydrogens (primary N) is 1. The summed E-state index contributed by atoms with van der Waals surface area (Å²) in [6.07, 6.45) is 0. The van der Waals surface area contributed by atoms with Crippen molar-refractivity contribution in [1.82, 2.24) is 9.88 Å². The van der Waals surface area contributed by atoms with Gasteiger partial charge in [-0.1, -0.05) is 0 Å². The topological polar surface area (TPSA) is 75.2 Å². The minimum absolute atomic E-state index is 0.210. The predicted octanol–water partition coefficient (Wildman–Crippen LogP) is 2.03. The molecule has 0 aliphatic carbocycles. The average Bonchev–Trinajstić information content (AvgIpc) is 2.35. The lowest BCUT2D eigenvalue weighted by Gasteiger charge is -2.30. The van der Waals surface area contributed by atoms with E-state index in [2.05, 4.69) is 37.6 Å². The van der Waals surface area contributed by atoms with Gasteiger partial charge in [-0.25, -0.2) is 4.98 Å². The highest BCUT2D eigenvalue weighted by Gasteiger charge is 2.13. The molecule has 0 unspecified atom stereocenters. The van der Waals surface area contributed by atoms with Gasteiger partial charge in [-0.05, 0) is 33.8 Å². The number of hydrogen-bond acceptors (Lipinski definition) is 5. The SMILES string of the molecule is CC(C)N(CCOc1ccc(N)c(C#N)n1)C(C)C. The Labute approximate surface area is 115 Å². The highest BCUT2D eigenvalue weighted by molar-refractivity contribution is 5.50. The molecule has 0 bridgehead atoms. The molecule has 104 valence electrons. The fourth-order valence-corrected chi connectivity index (χ4v) is 1.99. The monoisotopic (exact) mass is 262 g/mol. The first-order valence-electron chi connectivity index (χ1n) is 6.51. The standard InChI is InChI=1S/C14H22N4O/c1-10(2)18(11(3)4)7-8-19-14-6-5-12(16)13(9-15)17-14/h5-6,10-11H,7-8,16H2,1-4H3. The number of hydrogen-bond donors (Lipinski definition) is 1. The molecule has 0 radical (unpaired) electrons. The van der Waals surface area contributed by atoms with Gasteiger partial charge < -0.3 is 10.5 Å². The molecule has 0 amide bonds. The van der Waals surface area contributed by atoms with E-state index in [0.717, 1.165) is 6.54 Å². The first kappa shape index (κ1) is 15.3. The van der Waals surface area contributed by atoms with Crippen LogP contribution < -0.4 is 10.5 Å². The lowest BCUT2D eigenvalue weighted by Crippen LogP contribution is -2.39. The Morgan fingerprint density at radius 1 is 1.32 bits per heavy atom. The van der Waals surface area contributed by atoms with Gasteiger partial charge in [0, 0.05) is 24.7 Å². The molecule has 5 nitrogen and oxygen atoms in total. The molecule has 1 aromatic rings. The second-order valence-electron chi connectivity index (χ2n) is 4.97. The third-order valence-electron chi connectivity index (χ3n) is 2.93. The molecule has 0 spiro atoms. The van der Waals surface area contributed by atoms with Gasteiger partial charge in [-0.15, -0.1) is 0 Å². The third-order valence-corrected chi connectivity index (χ3v) is 2.93. The van der Waals surface area contributed by atoms with Crippen LogP contribution in [0.1, 0.15) is 33.4 Å². The summed E-state index contributed by atoms with van der Waals surface area (Å²) >= 11 is 0. The van der Waals surface area contributed by atoms with Gasteiger partial charge >= 0.3 is 0 Å². The smallest absolute Gasteiger partial charge is 0.214 e. The van der Waals surface area contributed by atoms with Gasteiger partial charge in [0.2, 0.25) is 5.88 Å². The third kappa shape index (κ3) is 4.42. The molecule has 19 heavy (non-hydrogen) atoms. The zero-order chi connectivity index (χ0) is 14.4. The summed E-state index contributed by atoms with van der Waals surface area (Å²) < 4.78 is 5.57. The molecule has 2 N–H and O–H groups in total. The van der Waals surface area contributed by atoms with Gasteiger partial charge in [0.25, 0.3) is 0 Å². The molecular weight excluding hydrogens is 240 g/mol. The first-order valence-corrected chi connectivity index (χ1v) is 6.51. The molecule has 0 aliphatic heterocycles. The second-order valence-corrected chi connectivity index (χ2v) is 4.97. The van der Waals surface area contributed by atoms with Crippen molar-refractivity contribution >= 4 is 5.69 Å². The Morgan fingerprint density at radius 3 is 2.47 bits per heavy atom. The van der Waals surface area contributed by atoms with Crippen LogP contribution in [0.2, 0.25) is 0 Å². The van der Waals surface area contributed by atoms with Crippen molar-refractivity contribution in [1.29, 1.82) is 5.26 Å². The highest BCUT2D eigenvalue weighted by atomic mass is 16.5. The molecule has 1 rings (SSSR count). The number of nitriles is 1. The van der Waals surface area contributed by atoms with Gasteiger partial charge in [0.15, 0.2) is 5.69 Å². The predicted molar refractivity (Wildman–Crippen MR) is 75.8 cm³/mol. The lowest BCUT2D eigenvalue weighted by molar-refractivity contribution is 0.140. The van der Waals surface area contributed by atoms with Crippen molar-refractivity contribution in [2.24, 2.45) is 0 Å². The average molecular weight is 262 g/mol. The Bertz CT molecular complexity index is 443. The van der Waals surface area contributed by atoms with Gasteiger partial charge in [0.1, 0.15) is 12.7 Å². The number of aromatic nitrogens is 1. The Balaban J connectivity index is 2.56. The Kier molecular flexibility index (Phi) is 5.58. The van der Waals surface area contributed by atoms with E-state index in [1.807, 2.05) is 6.07 Å². The Morgan fingerprint density at radius 2 is 1.95 bits per heavy atom. The van der Waals surface area contributed by atoms with Crippen LogP contribution in [-0.2, 0) is 0 Å². The lowest BCUT2D eigenvalue weighted by atomic mass is 10.2. The number of pyridine rings is 1. The summed E-state index contributed by atoms with van der Waals surface area (Å²) in [4.78, 5) is 6.39. The first-order chi connectivity index (χ1) is 8.95. The van der Waals surface area contributed by atoms with Crippen molar-refractivity contribution in [3.63, 3.8) is 0 Å². The second kappa shape index (κ2) is 6.95. The summed E-state index contributed by atoms with van der Waals surface area (Å²) in [6.45, 7) is 10.0. The van der Waals surface area contributed by atoms with Crippen LogP contribution in [0.3, 0.4) is 0 Å².